The molecule has 0 radical (unpaired) electrons. The molecule has 3 atom stereocenters. The molecule has 0 spiro atoms. The SMILES string of the molecule is CCCCCCCC/C=C/CCCCCCCC(=O)[C@@H]1O[C@@H](n2ccc(N=[N+]=[N-])nc2=O)C(F)(F)[C@@H]1O. The van der Waals surface area contributed by atoms with Crippen molar-refractivity contribution in [1.29, 1.82) is 0 Å². The first-order chi connectivity index (χ1) is 17.8. The number of carbonyl (C=O) groups is 1. The van der Waals surface area contributed by atoms with Crippen molar-refractivity contribution in [3.63, 3.8) is 0 Å². The number of azide groups is 1. The number of hydrogen-bond acceptors (Lipinski definition) is 6. The molecule has 1 saturated heterocycles. The van der Waals surface area contributed by atoms with Crippen molar-refractivity contribution in [1.82, 2.24) is 9.55 Å². The Labute approximate surface area is 216 Å². The Balaban J connectivity index is 1.66. The molecule has 2 heterocycles. The molecule has 37 heavy (non-hydrogen) atoms. The third kappa shape index (κ3) is 9.64. The molecule has 0 bridgehead atoms. The number of rotatable bonds is 18. The van der Waals surface area contributed by atoms with Gasteiger partial charge >= 0.3 is 11.6 Å². The molecule has 0 saturated carbocycles. The molecule has 11 heteroatoms. The highest BCUT2D eigenvalue weighted by Gasteiger charge is 2.61. The van der Waals surface area contributed by atoms with E-state index in [1.54, 1.807) is 0 Å². The summed E-state index contributed by atoms with van der Waals surface area (Å²) in [5, 5.41) is 13.2. The van der Waals surface area contributed by atoms with Crippen LogP contribution in [0.5, 0.6) is 0 Å². The van der Waals surface area contributed by atoms with E-state index in [-0.39, 0.29) is 12.2 Å². The predicted octanol–water partition coefficient (Wildman–Crippen LogP) is 6.69. The van der Waals surface area contributed by atoms with Crippen molar-refractivity contribution in [2.45, 2.75) is 121 Å². The molecule has 0 amide bonds. The van der Waals surface area contributed by atoms with Gasteiger partial charge in [-0.3, -0.25) is 9.36 Å². The Morgan fingerprint density at radius 1 is 1.14 bits per heavy atom. The number of alkyl halides is 2. The summed E-state index contributed by atoms with van der Waals surface area (Å²) in [6.07, 6.45) is 13.4. The maximum Gasteiger partial charge on any atom is 0.350 e. The highest BCUT2D eigenvalue weighted by molar-refractivity contribution is 5.84. The van der Waals surface area contributed by atoms with Gasteiger partial charge < -0.3 is 9.84 Å². The summed E-state index contributed by atoms with van der Waals surface area (Å²) < 4.78 is 34.9. The molecule has 0 aromatic carbocycles. The van der Waals surface area contributed by atoms with Crippen molar-refractivity contribution in [3.05, 3.63) is 45.3 Å². The summed E-state index contributed by atoms with van der Waals surface area (Å²) >= 11 is 0. The quantitative estimate of drug-likeness (QED) is 0.0753. The normalized spacial score (nSPS) is 20.8. The number of carbonyl (C=O) groups excluding carboxylic acids is 1. The van der Waals surface area contributed by atoms with Crippen LogP contribution in [-0.2, 0) is 9.53 Å². The van der Waals surface area contributed by atoms with Gasteiger partial charge in [0.15, 0.2) is 18.0 Å². The third-order valence-corrected chi connectivity index (χ3v) is 6.50. The number of ether oxygens (including phenoxy) is 1. The number of aromatic nitrogens is 2. The van der Waals surface area contributed by atoms with Crippen LogP contribution in [0.1, 0.15) is 103 Å². The number of nitrogens with zero attached hydrogens (tertiary/aromatic N) is 5. The molecular weight excluding hydrogens is 484 g/mol. The summed E-state index contributed by atoms with van der Waals surface area (Å²) in [6.45, 7) is 2.22. The standard InChI is InChI=1S/C26H39F2N5O4/c1-2-3-4-5-6-7-8-9-10-11-12-13-14-15-16-17-20(34)22-23(35)26(27,28)24(37-22)33-19-18-21(31-32-29)30-25(33)36/h9-10,18-19,22-24,35H,2-8,11-17H2,1H3/b10-9+/t22-,23+,24+/m0/s1. The van der Waals surface area contributed by atoms with E-state index in [1.807, 2.05) is 0 Å². The summed E-state index contributed by atoms with van der Waals surface area (Å²) in [5.41, 5.74) is 7.26. The van der Waals surface area contributed by atoms with Crippen LogP contribution in [0, 0.1) is 0 Å². The van der Waals surface area contributed by atoms with Gasteiger partial charge in [0.1, 0.15) is 5.82 Å². The monoisotopic (exact) mass is 523 g/mol. The van der Waals surface area contributed by atoms with Crippen LogP contribution >= 0.6 is 0 Å². The lowest BCUT2D eigenvalue weighted by Gasteiger charge is -2.20. The minimum Gasteiger partial charge on any atom is -0.383 e. The molecule has 2 rings (SSSR count). The second kappa shape index (κ2) is 16.3. The van der Waals surface area contributed by atoms with Crippen LogP contribution in [-0.4, -0.2) is 38.6 Å². The fourth-order valence-corrected chi connectivity index (χ4v) is 4.35. The van der Waals surface area contributed by atoms with Gasteiger partial charge in [0.25, 0.3) is 0 Å². The molecular formula is C26H39F2N5O4. The zero-order valence-corrected chi connectivity index (χ0v) is 21.6. The van der Waals surface area contributed by atoms with Crippen LogP contribution in [0.25, 0.3) is 10.4 Å². The Morgan fingerprint density at radius 2 is 1.73 bits per heavy atom. The van der Waals surface area contributed by atoms with E-state index in [0.717, 1.165) is 50.8 Å². The predicted molar refractivity (Wildman–Crippen MR) is 137 cm³/mol. The zero-order valence-electron chi connectivity index (χ0n) is 21.6. The fraction of sp³-hybridized carbons (Fsp3) is 0.731. The van der Waals surface area contributed by atoms with Gasteiger partial charge in [0.2, 0.25) is 6.23 Å². The van der Waals surface area contributed by atoms with Crippen LogP contribution in [0.15, 0.2) is 34.3 Å². The lowest BCUT2D eigenvalue weighted by molar-refractivity contribution is -0.142. The second-order valence-corrected chi connectivity index (χ2v) is 9.49. The molecule has 0 aliphatic carbocycles. The van der Waals surface area contributed by atoms with Crippen LogP contribution in [0.4, 0.5) is 14.6 Å². The average molecular weight is 524 g/mol. The minimum atomic E-state index is -3.88. The molecule has 1 N–H and O–H groups in total. The lowest BCUT2D eigenvalue weighted by Crippen LogP contribution is -2.42. The smallest absolute Gasteiger partial charge is 0.350 e. The number of halogens is 2. The van der Waals surface area contributed by atoms with Gasteiger partial charge in [-0.15, -0.1) is 0 Å². The highest BCUT2D eigenvalue weighted by atomic mass is 19.3. The van der Waals surface area contributed by atoms with Gasteiger partial charge in [-0.2, -0.15) is 13.8 Å². The number of aliphatic hydroxyl groups excluding tert-OH is 1. The minimum absolute atomic E-state index is 0.00561. The summed E-state index contributed by atoms with van der Waals surface area (Å²) in [4.78, 5) is 30.4. The molecule has 1 fully saturated rings. The van der Waals surface area contributed by atoms with Gasteiger partial charge in [-0.1, -0.05) is 70.4 Å². The molecule has 206 valence electrons. The molecule has 1 aliphatic heterocycles. The fourth-order valence-electron chi connectivity index (χ4n) is 4.35. The highest BCUT2D eigenvalue weighted by Crippen LogP contribution is 2.42. The van der Waals surface area contributed by atoms with Crippen molar-refractivity contribution in [3.8, 4) is 0 Å². The number of ketones is 1. The van der Waals surface area contributed by atoms with Crippen molar-refractivity contribution in [2.75, 3.05) is 0 Å². The van der Waals surface area contributed by atoms with Gasteiger partial charge in [0, 0.05) is 17.5 Å². The number of hydrogen-bond donors (Lipinski definition) is 1. The first kappa shape index (κ1) is 30.6. The van der Waals surface area contributed by atoms with E-state index >= 15 is 0 Å². The van der Waals surface area contributed by atoms with E-state index in [1.165, 1.54) is 38.5 Å². The molecule has 0 unspecified atom stereocenters. The molecule has 1 aromatic rings. The Hall–Kier alpha value is -2.62. The van der Waals surface area contributed by atoms with Crippen LogP contribution in [0.3, 0.4) is 0 Å². The Kier molecular flexibility index (Phi) is 13.5. The molecule has 1 aromatic heterocycles. The summed E-state index contributed by atoms with van der Waals surface area (Å²) in [5.74, 6) is -4.80. The second-order valence-electron chi connectivity index (χ2n) is 9.49. The first-order valence-electron chi connectivity index (χ1n) is 13.4. The van der Waals surface area contributed by atoms with Crippen LogP contribution in [0.2, 0.25) is 0 Å². The van der Waals surface area contributed by atoms with E-state index in [4.69, 9.17) is 10.3 Å². The zero-order chi connectivity index (χ0) is 27.1. The van der Waals surface area contributed by atoms with Crippen LogP contribution < -0.4 is 5.69 Å². The van der Waals surface area contributed by atoms with E-state index < -0.39 is 35.8 Å². The Bertz CT molecular complexity index is 978. The Morgan fingerprint density at radius 3 is 2.32 bits per heavy atom. The lowest BCUT2D eigenvalue weighted by atomic mass is 10.0. The number of unbranched alkanes of at least 4 members (excludes halogenated alkanes) is 11. The number of allylic oxidation sites excluding steroid dienone is 2. The number of aliphatic hydroxyl groups is 1. The molecule has 1 aliphatic rings. The summed E-state index contributed by atoms with van der Waals surface area (Å²) in [7, 11) is 0. The number of Topliss-reactive ketones (excluding diaryl/α,β-unsaturated/α-hetero) is 1. The topological polar surface area (TPSA) is 130 Å². The van der Waals surface area contributed by atoms with E-state index in [2.05, 4.69) is 34.1 Å². The van der Waals surface area contributed by atoms with Gasteiger partial charge in [-0.25, -0.2) is 4.79 Å². The summed E-state index contributed by atoms with van der Waals surface area (Å²) in [6, 6.07) is 1.06. The maximum atomic E-state index is 14.6. The van der Waals surface area contributed by atoms with Crippen molar-refractivity contribution >= 4 is 11.6 Å². The third-order valence-electron chi connectivity index (χ3n) is 6.50. The first-order valence-corrected chi connectivity index (χ1v) is 13.4. The van der Waals surface area contributed by atoms with Crippen molar-refractivity contribution in [2.24, 2.45) is 5.11 Å². The van der Waals surface area contributed by atoms with E-state index in [9.17, 15) is 23.5 Å². The average Bonchev–Trinajstić information content (AvgIpc) is 3.10. The van der Waals surface area contributed by atoms with Gasteiger partial charge in [0.05, 0.1) is 0 Å². The van der Waals surface area contributed by atoms with Crippen molar-refractivity contribution < 1.29 is 23.4 Å². The van der Waals surface area contributed by atoms with Gasteiger partial charge in [-0.05, 0) is 48.8 Å². The molecule has 9 nitrogen and oxygen atoms in total. The largest absolute Gasteiger partial charge is 0.383 e. The van der Waals surface area contributed by atoms with E-state index in [0.29, 0.717) is 11.0 Å². The maximum absolute atomic E-state index is 14.6.